The Morgan fingerprint density at radius 1 is 0.974 bits per heavy atom. The maximum atomic E-state index is 13.6. The molecule has 2 aromatic heterocycles. The first-order valence-electron chi connectivity index (χ1n) is 14.1. The van der Waals surface area contributed by atoms with Crippen LogP contribution in [-0.4, -0.2) is 56.7 Å². The molecular formula is C31H37FN6O. The molecule has 8 heteroatoms. The van der Waals surface area contributed by atoms with Crippen LogP contribution in [0.4, 0.5) is 10.2 Å². The zero-order valence-electron chi connectivity index (χ0n) is 23.1. The van der Waals surface area contributed by atoms with E-state index in [0.29, 0.717) is 13.1 Å². The van der Waals surface area contributed by atoms with Crippen LogP contribution < -0.4 is 4.90 Å². The van der Waals surface area contributed by atoms with Crippen LogP contribution in [0.1, 0.15) is 62.5 Å². The SMILES string of the molecule is CCCCc1nc(N2CCCN(C(=O)[C@@H](CC)c3ccccc3)CC2)c2c(C)nn(-c3ccc(F)cc3)c2n1. The zero-order valence-corrected chi connectivity index (χ0v) is 23.1. The number of hydrogen-bond donors (Lipinski definition) is 0. The molecule has 0 radical (unpaired) electrons. The highest BCUT2D eigenvalue weighted by molar-refractivity contribution is 5.91. The molecule has 5 rings (SSSR count). The molecule has 1 aliphatic heterocycles. The van der Waals surface area contributed by atoms with Crippen molar-refractivity contribution in [2.75, 3.05) is 31.1 Å². The van der Waals surface area contributed by atoms with Crippen LogP contribution in [-0.2, 0) is 11.2 Å². The fourth-order valence-corrected chi connectivity index (χ4v) is 5.45. The van der Waals surface area contributed by atoms with Gasteiger partial charge in [0.25, 0.3) is 0 Å². The van der Waals surface area contributed by atoms with E-state index in [1.54, 1.807) is 16.8 Å². The van der Waals surface area contributed by atoms with Gasteiger partial charge >= 0.3 is 0 Å². The molecule has 0 bridgehead atoms. The van der Waals surface area contributed by atoms with Crippen molar-refractivity contribution in [3.05, 3.63) is 77.5 Å². The van der Waals surface area contributed by atoms with Crippen LogP contribution in [0.3, 0.4) is 0 Å². The lowest BCUT2D eigenvalue weighted by Crippen LogP contribution is -2.38. The molecule has 3 heterocycles. The molecular weight excluding hydrogens is 491 g/mol. The van der Waals surface area contributed by atoms with E-state index in [2.05, 4.69) is 18.7 Å². The molecule has 0 N–H and O–H groups in total. The predicted molar refractivity (Wildman–Crippen MR) is 153 cm³/mol. The number of carbonyl (C=O) groups excluding carboxylic acids is 1. The van der Waals surface area contributed by atoms with E-state index in [1.807, 2.05) is 42.2 Å². The zero-order chi connectivity index (χ0) is 27.4. The summed E-state index contributed by atoms with van der Waals surface area (Å²) in [4.78, 5) is 27.9. The fraction of sp³-hybridized carbons (Fsp3) is 0.419. The molecule has 39 heavy (non-hydrogen) atoms. The lowest BCUT2D eigenvalue weighted by Gasteiger charge is -2.26. The van der Waals surface area contributed by atoms with Gasteiger partial charge in [0.05, 0.1) is 22.7 Å². The third-order valence-corrected chi connectivity index (χ3v) is 7.57. The molecule has 7 nitrogen and oxygen atoms in total. The van der Waals surface area contributed by atoms with Gasteiger partial charge in [0.15, 0.2) is 5.65 Å². The van der Waals surface area contributed by atoms with Crippen molar-refractivity contribution >= 4 is 22.8 Å². The summed E-state index contributed by atoms with van der Waals surface area (Å²) in [7, 11) is 0. The molecule has 0 spiro atoms. The lowest BCUT2D eigenvalue weighted by molar-refractivity contribution is -0.132. The van der Waals surface area contributed by atoms with Crippen LogP contribution >= 0.6 is 0 Å². The van der Waals surface area contributed by atoms with Crippen LogP contribution in [0.15, 0.2) is 54.6 Å². The number of anilines is 1. The summed E-state index contributed by atoms with van der Waals surface area (Å²) in [5.41, 5.74) is 3.41. The Labute approximate surface area is 229 Å². The van der Waals surface area contributed by atoms with E-state index in [-0.39, 0.29) is 17.6 Å². The van der Waals surface area contributed by atoms with Crippen molar-refractivity contribution in [3.8, 4) is 5.69 Å². The fourth-order valence-electron chi connectivity index (χ4n) is 5.45. The molecule has 4 aromatic rings. The Morgan fingerprint density at radius 2 is 1.74 bits per heavy atom. The maximum absolute atomic E-state index is 13.6. The number of carbonyl (C=O) groups is 1. The summed E-state index contributed by atoms with van der Waals surface area (Å²) in [6, 6.07) is 16.4. The molecule has 0 unspecified atom stereocenters. The average molecular weight is 529 g/mol. The largest absolute Gasteiger partial charge is 0.354 e. The van der Waals surface area contributed by atoms with Crippen LogP contribution in [0, 0.1) is 12.7 Å². The van der Waals surface area contributed by atoms with Crippen LogP contribution in [0.2, 0.25) is 0 Å². The van der Waals surface area contributed by atoms with E-state index in [1.165, 1.54) is 12.1 Å². The minimum absolute atomic E-state index is 0.125. The number of halogens is 1. The molecule has 2 aromatic carbocycles. The summed E-state index contributed by atoms with van der Waals surface area (Å²) in [5.74, 6) is 1.45. The number of unbranched alkanes of at least 4 members (excludes halogenated alkanes) is 1. The number of rotatable bonds is 8. The predicted octanol–water partition coefficient (Wildman–Crippen LogP) is 5.84. The van der Waals surface area contributed by atoms with Gasteiger partial charge in [-0.2, -0.15) is 5.10 Å². The Hall–Kier alpha value is -3.81. The first-order valence-corrected chi connectivity index (χ1v) is 14.1. The Bertz CT molecular complexity index is 1420. The van der Waals surface area contributed by atoms with Crippen molar-refractivity contribution in [1.29, 1.82) is 0 Å². The molecule has 1 atom stereocenters. The molecule has 0 saturated carbocycles. The lowest BCUT2D eigenvalue weighted by atomic mass is 9.95. The van der Waals surface area contributed by atoms with Gasteiger partial charge < -0.3 is 9.80 Å². The highest BCUT2D eigenvalue weighted by Gasteiger charge is 2.28. The maximum Gasteiger partial charge on any atom is 0.230 e. The molecule has 1 amide bonds. The van der Waals surface area contributed by atoms with Gasteiger partial charge in [-0.05, 0) is 56.0 Å². The molecule has 1 aliphatic rings. The Balaban J connectivity index is 1.47. The second-order valence-electron chi connectivity index (χ2n) is 10.3. The van der Waals surface area contributed by atoms with Crippen LogP contribution in [0.5, 0.6) is 0 Å². The molecule has 1 fully saturated rings. The number of fused-ring (bicyclic) bond motifs is 1. The van der Waals surface area contributed by atoms with Gasteiger partial charge in [-0.25, -0.2) is 19.0 Å². The highest BCUT2D eigenvalue weighted by Crippen LogP contribution is 2.31. The van der Waals surface area contributed by atoms with E-state index in [4.69, 9.17) is 15.1 Å². The number of hydrogen-bond acceptors (Lipinski definition) is 5. The van der Waals surface area contributed by atoms with Crippen molar-refractivity contribution in [2.45, 2.75) is 58.8 Å². The summed E-state index contributed by atoms with van der Waals surface area (Å²) >= 11 is 0. The van der Waals surface area contributed by atoms with Gasteiger partial charge in [0.2, 0.25) is 5.91 Å². The van der Waals surface area contributed by atoms with E-state index in [9.17, 15) is 9.18 Å². The summed E-state index contributed by atoms with van der Waals surface area (Å²) < 4.78 is 15.4. The second-order valence-corrected chi connectivity index (χ2v) is 10.3. The minimum Gasteiger partial charge on any atom is -0.354 e. The van der Waals surface area contributed by atoms with E-state index < -0.39 is 0 Å². The first-order chi connectivity index (χ1) is 19.0. The van der Waals surface area contributed by atoms with Gasteiger partial charge in [0, 0.05) is 32.6 Å². The van der Waals surface area contributed by atoms with Crippen molar-refractivity contribution in [1.82, 2.24) is 24.6 Å². The topological polar surface area (TPSA) is 67.2 Å². The van der Waals surface area contributed by atoms with Crippen molar-refractivity contribution < 1.29 is 9.18 Å². The number of amides is 1. The van der Waals surface area contributed by atoms with Crippen LogP contribution in [0.25, 0.3) is 16.7 Å². The summed E-state index contributed by atoms with van der Waals surface area (Å²) in [6.07, 6.45) is 4.46. The standard InChI is InChI=1S/C31H37FN6O/c1-4-6-13-27-33-29(28-22(3)35-38(30(28)34-27)25-16-14-24(32)15-17-25)36-18-10-19-37(21-20-36)31(39)26(5-2)23-11-8-7-9-12-23/h7-9,11-12,14-17,26H,4-6,10,13,18-21H2,1-3H3/t26-/m0/s1. The Kier molecular flexibility index (Phi) is 8.19. The molecule has 204 valence electrons. The number of nitrogens with zero attached hydrogens (tertiary/aromatic N) is 6. The van der Waals surface area contributed by atoms with Crippen molar-refractivity contribution in [3.63, 3.8) is 0 Å². The second kappa shape index (κ2) is 11.9. The smallest absolute Gasteiger partial charge is 0.230 e. The van der Waals surface area contributed by atoms with E-state index >= 15 is 0 Å². The molecule has 0 aliphatic carbocycles. The van der Waals surface area contributed by atoms with Gasteiger partial charge in [-0.1, -0.05) is 50.6 Å². The monoisotopic (exact) mass is 528 g/mol. The Morgan fingerprint density at radius 3 is 2.46 bits per heavy atom. The highest BCUT2D eigenvalue weighted by atomic mass is 19.1. The number of aryl methyl sites for hydroxylation is 2. The normalized spacial score (nSPS) is 15.0. The quantitative estimate of drug-likeness (QED) is 0.288. The third-order valence-electron chi connectivity index (χ3n) is 7.57. The van der Waals surface area contributed by atoms with Crippen molar-refractivity contribution in [2.24, 2.45) is 0 Å². The first kappa shape index (κ1) is 26.8. The summed E-state index contributed by atoms with van der Waals surface area (Å²) in [5, 5.41) is 5.71. The number of aromatic nitrogens is 4. The van der Waals surface area contributed by atoms with Gasteiger partial charge in [0.1, 0.15) is 17.5 Å². The van der Waals surface area contributed by atoms with Gasteiger partial charge in [-0.15, -0.1) is 0 Å². The van der Waals surface area contributed by atoms with E-state index in [0.717, 1.165) is 84.8 Å². The van der Waals surface area contributed by atoms with Gasteiger partial charge in [-0.3, -0.25) is 4.79 Å². The summed E-state index contributed by atoms with van der Waals surface area (Å²) in [6.45, 7) is 9.07. The average Bonchev–Trinajstić information content (AvgIpc) is 3.12. The number of benzene rings is 2. The molecule has 1 saturated heterocycles. The third kappa shape index (κ3) is 5.65. The minimum atomic E-state index is -0.285.